The molecule has 4 aromatic rings. The molecular weight excluding hydrogens is 459 g/mol. The molecule has 170 valence electrons. The maximum atomic E-state index is 13.8. The molecule has 0 atom stereocenters. The third-order valence-corrected chi connectivity index (χ3v) is 4.93. The number of halogens is 2. The van der Waals surface area contributed by atoms with Crippen LogP contribution < -0.4 is 10.2 Å². The highest BCUT2D eigenvalue weighted by molar-refractivity contribution is 6.30. The summed E-state index contributed by atoms with van der Waals surface area (Å²) in [6, 6.07) is 20.9. The van der Waals surface area contributed by atoms with Crippen LogP contribution in [-0.4, -0.2) is 27.9 Å². The molecule has 1 aromatic heterocycles. The molecule has 0 aliphatic heterocycles. The maximum Gasteiger partial charge on any atom is 0.343 e. The van der Waals surface area contributed by atoms with E-state index < -0.39 is 11.9 Å². The lowest BCUT2D eigenvalue weighted by atomic mass is 10.2. The van der Waals surface area contributed by atoms with Crippen molar-refractivity contribution in [2.75, 3.05) is 0 Å². The summed E-state index contributed by atoms with van der Waals surface area (Å²) < 4.78 is 20.6. The lowest BCUT2D eigenvalue weighted by Crippen LogP contribution is -2.18. The lowest BCUT2D eigenvalue weighted by molar-refractivity contribution is 0.0734. The van der Waals surface area contributed by atoms with E-state index in [1.54, 1.807) is 66.9 Å². The van der Waals surface area contributed by atoms with Gasteiger partial charge in [0.05, 0.1) is 18.3 Å². The van der Waals surface area contributed by atoms with Crippen LogP contribution in [0.4, 0.5) is 4.39 Å². The number of hydrogen-bond donors (Lipinski definition) is 1. The van der Waals surface area contributed by atoms with Crippen LogP contribution in [0, 0.1) is 5.82 Å². The van der Waals surface area contributed by atoms with E-state index >= 15 is 0 Å². The van der Waals surface area contributed by atoms with Crippen molar-refractivity contribution < 1.29 is 18.7 Å². The van der Waals surface area contributed by atoms with Gasteiger partial charge in [-0.2, -0.15) is 10.2 Å². The Balaban J connectivity index is 1.30. The molecule has 0 spiro atoms. The third kappa shape index (κ3) is 5.93. The number of nitrogens with zero attached hydrogens (tertiary/aromatic N) is 3. The van der Waals surface area contributed by atoms with Crippen LogP contribution in [0.2, 0.25) is 5.02 Å². The Labute approximate surface area is 199 Å². The van der Waals surface area contributed by atoms with E-state index in [4.69, 9.17) is 16.3 Å². The van der Waals surface area contributed by atoms with Crippen molar-refractivity contribution >= 4 is 29.7 Å². The smallest absolute Gasteiger partial charge is 0.343 e. The number of aromatic nitrogens is 2. The minimum atomic E-state index is -0.523. The SMILES string of the molecule is O=C(Oc1ccc(/C=N\NC(=O)c2ccn(Cc3ccccc3F)n2)cc1)c1cccc(Cl)c1. The van der Waals surface area contributed by atoms with E-state index in [1.165, 1.54) is 29.1 Å². The maximum absolute atomic E-state index is 13.8. The number of rotatable bonds is 7. The molecule has 3 aromatic carbocycles. The van der Waals surface area contributed by atoms with Crippen molar-refractivity contribution in [3.05, 3.63) is 118 Å². The molecule has 0 saturated carbocycles. The molecule has 1 N–H and O–H groups in total. The quantitative estimate of drug-likeness (QED) is 0.181. The molecule has 34 heavy (non-hydrogen) atoms. The second-order valence-electron chi connectivity index (χ2n) is 7.16. The first kappa shape index (κ1) is 22.9. The summed E-state index contributed by atoms with van der Waals surface area (Å²) in [5.41, 5.74) is 4.03. The number of carbonyl (C=O) groups is 2. The van der Waals surface area contributed by atoms with Gasteiger partial charge in [-0.25, -0.2) is 14.6 Å². The van der Waals surface area contributed by atoms with Crippen molar-refractivity contribution in [2.24, 2.45) is 5.10 Å². The minimum absolute atomic E-state index is 0.150. The van der Waals surface area contributed by atoms with Gasteiger partial charge in [0.2, 0.25) is 0 Å². The van der Waals surface area contributed by atoms with Crippen LogP contribution in [0.5, 0.6) is 5.75 Å². The number of ether oxygens (including phenoxy) is 1. The number of hydrazone groups is 1. The highest BCUT2D eigenvalue weighted by Gasteiger charge is 2.11. The van der Waals surface area contributed by atoms with Crippen molar-refractivity contribution in [1.29, 1.82) is 0 Å². The van der Waals surface area contributed by atoms with E-state index in [2.05, 4.69) is 15.6 Å². The summed E-state index contributed by atoms with van der Waals surface area (Å²) in [6.07, 6.45) is 3.03. The zero-order valence-corrected chi connectivity index (χ0v) is 18.4. The van der Waals surface area contributed by atoms with Gasteiger partial charge in [-0.05, 0) is 60.2 Å². The summed E-state index contributed by atoms with van der Waals surface area (Å²) in [4.78, 5) is 24.4. The molecule has 0 fully saturated rings. The zero-order valence-electron chi connectivity index (χ0n) is 17.7. The number of carbonyl (C=O) groups excluding carboxylic acids is 2. The fourth-order valence-corrected chi connectivity index (χ4v) is 3.19. The summed E-state index contributed by atoms with van der Waals surface area (Å²) in [5, 5.41) is 8.51. The largest absolute Gasteiger partial charge is 0.423 e. The fourth-order valence-electron chi connectivity index (χ4n) is 3.00. The van der Waals surface area contributed by atoms with Gasteiger partial charge in [0.25, 0.3) is 5.91 Å². The second-order valence-corrected chi connectivity index (χ2v) is 7.59. The van der Waals surface area contributed by atoms with Gasteiger partial charge in [0.1, 0.15) is 11.6 Å². The molecule has 0 radical (unpaired) electrons. The normalized spacial score (nSPS) is 10.9. The van der Waals surface area contributed by atoms with Gasteiger partial charge in [-0.3, -0.25) is 9.48 Å². The second kappa shape index (κ2) is 10.5. The highest BCUT2D eigenvalue weighted by atomic mass is 35.5. The summed E-state index contributed by atoms with van der Waals surface area (Å²) in [7, 11) is 0. The molecule has 0 aliphatic carbocycles. The van der Waals surface area contributed by atoms with Crippen LogP contribution in [-0.2, 0) is 6.54 Å². The molecular formula is C25H18ClFN4O3. The summed E-state index contributed by atoms with van der Waals surface area (Å²) in [6.45, 7) is 0.206. The predicted molar refractivity (Wildman–Crippen MR) is 126 cm³/mol. The summed E-state index contributed by atoms with van der Waals surface area (Å²) >= 11 is 5.89. The number of hydrogen-bond acceptors (Lipinski definition) is 5. The lowest BCUT2D eigenvalue weighted by Gasteiger charge is -2.05. The molecule has 0 unspecified atom stereocenters. The molecule has 1 amide bonds. The molecule has 0 aliphatic rings. The van der Waals surface area contributed by atoms with Gasteiger partial charge in [0.15, 0.2) is 5.69 Å². The first-order valence-electron chi connectivity index (χ1n) is 10.2. The number of esters is 1. The van der Waals surface area contributed by atoms with Crippen LogP contribution in [0.25, 0.3) is 0 Å². The Bertz CT molecular complexity index is 1350. The number of nitrogens with one attached hydrogen (secondary N) is 1. The first-order chi connectivity index (χ1) is 16.5. The van der Waals surface area contributed by atoms with Gasteiger partial charge in [-0.1, -0.05) is 35.9 Å². The van der Waals surface area contributed by atoms with Gasteiger partial charge >= 0.3 is 5.97 Å². The monoisotopic (exact) mass is 476 g/mol. The number of amides is 1. The zero-order chi connectivity index (χ0) is 23.9. The Hall–Kier alpha value is -4.30. The van der Waals surface area contributed by atoms with Crippen molar-refractivity contribution in [2.45, 2.75) is 6.54 Å². The molecule has 0 bridgehead atoms. The van der Waals surface area contributed by atoms with Crippen LogP contribution in [0.3, 0.4) is 0 Å². The van der Waals surface area contributed by atoms with E-state index in [0.29, 0.717) is 27.5 Å². The van der Waals surface area contributed by atoms with Crippen LogP contribution >= 0.6 is 11.6 Å². The van der Waals surface area contributed by atoms with Crippen LogP contribution in [0.15, 0.2) is 90.2 Å². The highest BCUT2D eigenvalue weighted by Crippen LogP contribution is 2.16. The van der Waals surface area contributed by atoms with E-state index in [1.807, 2.05) is 0 Å². The molecule has 0 saturated heterocycles. The standard InChI is InChI=1S/C25H18ClFN4O3/c26-20-6-3-5-18(14-20)25(33)34-21-10-8-17(9-11-21)15-28-29-24(32)23-12-13-31(30-23)16-19-4-1-2-7-22(19)27/h1-15H,16H2,(H,29,32)/b28-15-. The molecule has 1 heterocycles. The fraction of sp³-hybridized carbons (Fsp3) is 0.0400. The van der Waals surface area contributed by atoms with Gasteiger partial charge < -0.3 is 4.74 Å². The minimum Gasteiger partial charge on any atom is -0.423 e. The predicted octanol–water partition coefficient (Wildman–Crippen LogP) is 4.71. The molecule has 7 nitrogen and oxygen atoms in total. The topological polar surface area (TPSA) is 85.6 Å². The van der Waals surface area contributed by atoms with Crippen molar-refractivity contribution in [1.82, 2.24) is 15.2 Å². The average molecular weight is 477 g/mol. The van der Waals surface area contributed by atoms with Crippen LogP contribution in [0.1, 0.15) is 32.0 Å². The van der Waals surface area contributed by atoms with Crippen molar-refractivity contribution in [3.63, 3.8) is 0 Å². The Morgan fingerprint density at radius 1 is 1.06 bits per heavy atom. The Kier molecular flexibility index (Phi) is 7.10. The average Bonchev–Trinajstić information content (AvgIpc) is 3.30. The van der Waals surface area contributed by atoms with Gasteiger partial charge in [0, 0.05) is 16.8 Å². The molecule has 4 rings (SSSR count). The molecule has 9 heteroatoms. The van der Waals surface area contributed by atoms with Crippen molar-refractivity contribution in [3.8, 4) is 5.75 Å². The Morgan fingerprint density at radius 2 is 1.85 bits per heavy atom. The van der Waals surface area contributed by atoms with E-state index in [0.717, 1.165) is 0 Å². The first-order valence-corrected chi connectivity index (χ1v) is 10.5. The van der Waals surface area contributed by atoms with E-state index in [9.17, 15) is 14.0 Å². The summed E-state index contributed by atoms with van der Waals surface area (Å²) in [5.74, 6) is -1.01. The van der Waals surface area contributed by atoms with E-state index in [-0.39, 0.29) is 18.1 Å². The number of benzene rings is 3. The third-order valence-electron chi connectivity index (χ3n) is 4.69. The Morgan fingerprint density at radius 3 is 2.62 bits per heavy atom. The van der Waals surface area contributed by atoms with Gasteiger partial charge in [-0.15, -0.1) is 0 Å².